The van der Waals surface area contributed by atoms with E-state index in [4.69, 9.17) is 9.47 Å². The second kappa shape index (κ2) is 6.75. The van der Waals surface area contributed by atoms with Crippen LogP contribution >= 0.6 is 0 Å². The summed E-state index contributed by atoms with van der Waals surface area (Å²) in [6.45, 7) is 1.46. The normalized spacial score (nSPS) is 24.7. The second-order valence-corrected chi connectivity index (χ2v) is 5.64. The molecule has 0 saturated carbocycles. The van der Waals surface area contributed by atoms with Crippen molar-refractivity contribution in [1.82, 2.24) is 0 Å². The summed E-state index contributed by atoms with van der Waals surface area (Å²) < 4.78 is 11.8. The third kappa shape index (κ3) is 3.55. The standard InChI is InChI=1S/C19H20O3/c1-14(20)21-17-12-18(15-8-4-2-5-9-15)22-19(13-17)16-10-6-3-7-11-16/h2-11,17-19H,12-13H2,1H3/t17?,18-,19+. The quantitative estimate of drug-likeness (QED) is 0.796. The molecule has 114 valence electrons. The molecule has 1 saturated heterocycles. The molecule has 1 heterocycles. The summed E-state index contributed by atoms with van der Waals surface area (Å²) in [6, 6.07) is 20.2. The number of carbonyl (C=O) groups excluding carboxylic acids is 1. The summed E-state index contributed by atoms with van der Waals surface area (Å²) in [5, 5.41) is 0. The highest BCUT2D eigenvalue weighted by molar-refractivity contribution is 5.66. The molecule has 1 fully saturated rings. The molecule has 1 aliphatic heterocycles. The van der Waals surface area contributed by atoms with Gasteiger partial charge in [0.2, 0.25) is 0 Å². The number of hydrogen-bond donors (Lipinski definition) is 0. The lowest BCUT2D eigenvalue weighted by Gasteiger charge is -2.35. The molecular formula is C19H20O3. The van der Waals surface area contributed by atoms with Gasteiger partial charge >= 0.3 is 5.97 Å². The van der Waals surface area contributed by atoms with E-state index in [0.29, 0.717) is 12.8 Å². The van der Waals surface area contributed by atoms with Gasteiger partial charge in [0.1, 0.15) is 6.10 Å². The monoisotopic (exact) mass is 296 g/mol. The Morgan fingerprint density at radius 1 is 0.909 bits per heavy atom. The van der Waals surface area contributed by atoms with Gasteiger partial charge in [-0.25, -0.2) is 0 Å². The van der Waals surface area contributed by atoms with Gasteiger partial charge < -0.3 is 9.47 Å². The lowest BCUT2D eigenvalue weighted by molar-refractivity contribution is -0.160. The van der Waals surface area contributed by atoms with Crippen LogP contribution in [0.3, 0.4) is 0 Å². The van der Waals surface area contributed by atoms with E-state index in [9.17, 15) is 4.79 Å². The highest BCUT2D eigenvalue weighted by Gasteiger charge is 2.32. The zero-order valence-corrected chi connectivity index (χ0v) is 12.6. The van der Waals surface area contributed by atoms with E-state index in [2.05, 4.69) is 24.3 Å². The zero-order chi connectivity index (χ0) is 15.4. The molecule has 0 aliphatic carbocycles. The van der Waals surface area contributed by atoms with Gasteiger partial charge in [0.05, 0.1) is 12.2 Å². The van der Waals surface area contributed by atoms with Crippen LogP contribution in [0.25, 0.3) is 0 Å². The molecule has 3 rings (SSSR count). The van der Waals surface area contributed by atoms with Gasteiger partial charge in [-0.3, -0.25) is 4.79 Å². The van der Waals surface area contributed by atoms with E-state index in [-0.39, 0.29) is 24.3 Å². The van der Waals surface area contributed by atoms with E-state index in [0.717, 1.165) is 11.1 Å². The van der Waals surface area contributed by atoms with E-state index in [1.165, 1.54) is 6.92 Å². The van der Waals surface area contributed by atoms with Gasteiger partial charge in [0, 0.05) is 19.8 Å². The average molecular weight is 296 g/mol. The van der Waals surface area contributed by atoms with E-state index < -0.39 is 0 Å². The van der Waals surface area contributed by atoms with Crippen molar-refractivity contribution in [2.24, 2.45) is 0 Å². The smallest absolute Gasteiger partial charge is 0.302 e. The first-order valence-electron chi connectivity index (χ1n) is 7.65. The molecule has 0 N–H and O–H groups in total. The van der Waals surface area contributed by atoms with Crippen molar-refractivity contribution in [1.29, 1.82) is 0 Å². The first kappa shape index (κ1) is 14.8. The zero-order valence-electron chi connectivity index (χ0n) is 12.6. The summed E-state index contributed by atoms with van der Waals surface area (Å²) in [5.74, 6) is -0.231. The van der Waals surface area contributed by atoms with Gasteiger partial charge in [-0.05, 0) is 11.1 Å². The van der Waals surface area contributed by atoms with E-state index in [1.54, 1.807) is 0 Å². The van der Waals surface area contributed by atoms with Gasteiger partial charge in [0.25, 0.3) is 0 Å². The van der Waals surface area contributed by atoms with Crippen molar-refractivity contribution >= 4 is 5.97 Å². The molecule has 1 aliphatic rings. The molecule has 22 heavy (non-hydrogen) atoms. The first-order valence-corrected chi connectivity index (χ1v) is 7.65. The maximum atomic E-state index is 11.3. The number of esters is 1. The van der Waals surface area contributed by atoms with Crippen molar-refractivity contribution in [3.8, 4) is 0 Å². The number of carbonyl (C=O) groups is 1. The molecule has 3 atom stereocenters. The summed E-state index contributed by atoms with van der Waals surface area (Å²) in [6.07, 6.45) is 1.19. The predicted molar refractivity (Wildman–Crippen MR) is 84.2 cm³/mol. The Kier molecular flexibility index (Phi) is 4.54. The fourth-order valence-corrected chi connectivity index (χ4v) is 2.98. The van der Waals surface area contributed by atoms with Crippen LogP contribution in [0.4, 0.5) is 0 Å². The second-order valence-electron chi connectivity index (χ2n) is 5.64. The first-order chi connectivity index (χ1) is 10.7. The van der Waals surface area contributed by atoms with Crippen molar-refractivity contribution in [3.63, 3.8) is 0 Å². The molecule has 3 heteroatoms. The Bertz CT molecular complexity index is 562. The molecule has 0 spiro atoms. The number of benzene rings is 2. The Labute approximate surface area is 130 Å². The van der Waals surface area contributed by atoms with Crippen LogP contribution in [0.2, 0.25) is 0 Å². The maximum absolute atomic E-state index is 11.3. The summed E-state index contributed by atoms with van der Waals surface area (Å²) in [4.78, 5) is 11.3. The molecule has 0 radical (unpaired) electrons. The van der Waals surface area contributed by atoms with Gasteiger partial charge in [-0.2, -0.15) is 0 Å². The van der Waals surface area contributed by atoms with Crippen LogP contribution in [0.1, 0.15) is 43.1 Å². The molecule has 2 aromatic carbocycles. The van der Waals surface area contributed by atoms with Crippen LogP contribution < -0.4 is 0 Å². The minimum atomic E-state index is -0.231. The van der Waals surface area contributed by atoms with Crippen molar-refractivity contribution in [2.45, 2.75) is 38.1 Å². The molecular weight excluding hydrogens is 276 g/mol. The third-order valence-electron chi connectivity index (χ3n) is 3.96. The minimum Gasteiger partial charge on any atom is -0.462 e. The Balaban J connectivity index is 1.83. The van der Waals surface area contributed by atoms with Gasteiger partial charge in [0.15, 0.2) is 0 Å². The topological polar surface area (TPSA) is 35.5 Å². The molecule has 0 amide bonds. The number of hydrogen-bond acceptors (Lipinski definition) is 3. The lowest BCUT2D eigenvalue weighted by Crippen LogP contribution is -2.30. The van der Waals surface area contributed by atoms with Crippen LogP contribution in [0.5, 0.6) is 0 Å². The minimum absolute atomic E-state index is 0.0514. The largest absolute Gasteiger partial charge is 0.462 e. The fraction of sp³-hybridized carbons (Fsp3) is 0.316. The predicted octanol–water partition coefficient (Wildman–Crippen LogP) is 4.21. The number of rotatable bonds is 3. The van der Waals surface area contributed by atoms with Crippen LogP contribution in [0.15, 0.2) is 60.7 Å². The fourth-order valence-electron chi connectivity index (χ4n) is 2.98. The Morgan fingerprint density at radius 2 is 1.36 bits per heavy atom. The number of ether oxygens (including phenoxy) is 2. The maximum Gasteiger partial charge on any atom is 0.302 e. The van der Waals surface area contributed by atoms with Crippen LogP contribution in [-0.4, -0.2) is 12.1 Å². The van der Waals surface area contributed by atoms with Crippen LogP contribution in [-0.2, 0) is 14.3 Å². The molecule has 2 aromatic rings. The third-order valence-corrected chi connectivity index (χ3v) is 3.96. The molecule has 1 unspecified atom stereocenters. The Hall–Kier alpha value is -2.13. The molecule has 0 aromatic heterocycles. The highest BCUT2D eigenvalue weighted by Crippen LogP contribution is 2.39. The highest BCUT2D eigenvalue weighted by atomic mass is 16.6. The van der Waals surface area contributed by atoms with Crippen LogP contribution in [0, 0.1) is 0 Å². The average Bonchev–Trinajstić information content (AvgIpc) is 2.55. The van der Waals surface area contributed by atoms with Crippen molar-refractivity contribution < 1.29 is 14.3 Å². The van der Waals surface area contributed by atoms with Crippen molar-refractivity contribution in [2.75, 3.05) is 0 Å². The Morgan fingerprint density at radius 3 is 1.77 bits per heavy atom. The summed E-state index contributed by atoms with van der Waals surface area (Å²) in [7, 11) is 0. The molecule has 3 nitrogen and oxygen atoms in total. The SMILES string of the molecule is CC(=O)OC1C[C@@H](c2ccccc2)O[C@@H](c2ccccc2)C1. The summed E-state index contributed by atoms with van der Waals surface area (Å²) >= 11 is 0. The van der Waals surface area contributed by atoms with Gasteiger partial charge in [-0.15, -0.1) is 0 Å². The van der Waals surface area contributed by atoms with E-state index >= 15 is 0 Å². The van der Waals surface area contributed by atoms with Crippen molar-refractivity contribution in [3.05, 3.63) is 71.8 Å². The summed E-state index contributed by atoms with van der Waals surface area (Å²) in [5.41, 5.74) is 2.25. The molecule has 0 bridgehead atoms. The van der Waals surface area contributed by atoms with E-state index in [1.807, 2.05) is 36.4 Å². The van der Waals surface area contributed by atoms with Gasteiger partial charge in [-0.1, -0.05) is 60.7 Å². The lowest BCUT2D eigenvalue weighted by atomic mass is 9.93.